The minimum absolute atomic E-state index is 0.107. The van der Waals surface area contributed by atoms with Crippen LogP contribution in [-0.2, 0) is 27.3 Å². The molecule has 0 bridgehead atoms. The summed E-state index contributed by atoms with van der Waals surface area (Å²) in [6.45, 7) is 4.09. The number of aliphatic hydroxyl groups excluding tert-OH is 1. The molecule has 0 radical (unpaired) electrons. The maximum Gasteiger partial charge on any atom is 0.266 e. The molecule has 0 saturated carbocycles. The second-order valence-corrected chi connectivity index (χ2v) is 6.92. The van der Waals surface area contributed by atoms with Crippen LogP contribution in [0.25, 0.3) is 0 Å². The highest BCUT2D eigenvalue weighted by molar-refractivity contribution is 7.80. The highest BCUT2D eigenvalue weighted by Gasteiger charge is 2.40. The van der Waals surface area contributed by atoms with E-state index in [-0.39, 0.29) is 17.8 Å². The third kappa shape index (κ3) is 4.84. The Morgan fingerprint density at radius 3 is 2.43 bits per heavy atom. The number of rotatable bonds is 8. The minimum Gasteiger partial charge on any atom is -0.468 e. The van der Waals surface area contributed by atoms with Crippen LogP contribution in [0.2, 0.25) is 0 Å². The van der Waals surface area contributed by atoms with E-state index >= 15 is 0 Å². The zero-order valence-corrected chi connectivity index (χ0v) is 16.3. The van der Waals surface area contributed by atoms with Crippen LogP contribution in [0, 0.1) is 0 Å². The van der Waals surface area contributed by atoms with E-state index in [1.54, 1.807) is 0 Å². The lowest BCUT2D eigenvalue weighted by molar-refractivity contribution is -0.147. The molecule has 0 aromatic heterocycles. The Kier molecular flexibility index (Phi) is 6.92. The summed E-state index contributed by atoms with van der Waals surface area (Å²) in [5.74, 6) is -0.424. The number of hydrogen-bond acceptors (Lipinski definition) is 5. The standard InChI is InChI=1S/C22H23NO4S/c1-2-19(24)20(26-14-17-11-7-4-8-12-17)21(25)23-18(15-27-22(23)28)13-16-9-5-3-6-10-16/h2-12,18-20,24H,1,13-15H2/t18-,19-,20-/m0/s1. The van der Waals surface area contributed by atoms with E-state index in [0.29, 0.717) is 13.0 Å². The van der Waals surface area contributed by atoms with E-state index in [9.17, 15) is 9.90 Å². The van der Waals surface area contributed by atoms with Crippen LogP contribution in [0.1, 0.15) is 11.1 Å². The second-order valence-electron chi connectivity index (χ2n) is 6.57. The van der Waals surface area contributed by atoms with Gasteiger partial charge in [-0.25, -0.2) is 0 Å². The highest BCUT2D eigenvalue weighted by atomic mass is 32.1. The minimum atomic E-state index is -1.16. The van der Waals surface area contributed by atoms with Crippen molar-refractivity contribution in [2.24, 2.45) is 0 Å². The molecule has 5 nitrogen and oxygen atoms in total. The molecule has 1 heterocycles. The van der Waals surface area contributed by atoms with Crippen molar-refractivity contribution in [3.63, 3.8) is 0 Å². The van der Waals surface area contributed by atoms with Crippen molar-refractivity contribution in [1.29, 1.82) is 0 Å². The quantitative estimate of drug-likeness (QED) is 0.548. The van der Waals surface area contributed by atoms with Gasteiger partial charge in [-0.15, -0.1) is 6.58 Å². The van der Waals surface area contributed by atoms with Gasteiger partial charge in [-0.05, 0) is 29.8 Å². The lowest BCUT2D eigenvalue weighted by Gasteiger charge is -2.28. The number of hydrogen-bond donors (Lipinski definition) is 1. The molecular weight excluding hydrogens is 374 g/mol. The summed E-state index contributed by atoms with van der Waals surface area (Å²) in [5.41, 5.74) is 1.97. The average molecular weight is 397 g/mol. The van der Waals surface area contributed by atoms with Crippen molar-refractivity contribution < 1.29 is 19.4 Å². The molecule has 2 aromatic carbocycles. The third-order valence-corrected chi connectivity index (χ3v) is 4.89. The monoisotopic (exact) mass is 397 g/mol. The molecule has 3 rings (SSSR count). The van der Waals surface area contributed by atoms with Crippen LogP contribution in [0.5, 0.6) is 0 Å². The van der Waals surface area contributed by atoms with Crippen molar-refractivity contribution in [2.45, 2.75) is 31.3 Å². The molecule has 1 fully saturated rings. The Balaban J connectivity index is 1.75. The van der Waals surface area contributed by atoms with Crippen LogP contribution < -0.4 is 0 Å². The Hall–Kier alpha value is -2.54. The van der Waals surface area contributed by atoms with Crippen molar-refractivity contribution in [3.05, 3.63) is 84.4 Å². The number of ether oxygens (including phenoxy) is 2. The van der Waals surface area contributed by atoms with E-state index in [0.717, 1.165) is 11.1 Å². The SMILES string of the molecule is C=C[C@H](O)[C@H](OCc1ccccc1)C(=O)N1C(=S)OC[C@@H]1Cc1ccccc1. The van der Waals surface area contributed by atoms with Crippen LogP contribution in [0.15, 0.2) is 73.3 Å². The lowest BCUT2D eigenvalue weighted by Crippen LogP contribution is -2.50. The Morgan fingerprint density at radius 2 is 1.82 bits per heavy atom. The summed E-state index contributed by atoms with van der Waals surface area (Å²) < 4.78 is 11.2. The number of thiocarbonyl (C=S) groups is 1. The maximum atomic E-state index is 13.2. The smallest absolute Gasteiger partial charge is 0.266 e. The van der Waals surface area contributed by atoms with Crippen LogP contribution in [-0.4, -0.2) is 45.9 Å². The average Bonchev–Trinajstić information content (AvgIpc) is 3.09. The van der Waals surface area contributed by atoms with Gasteiger partial charge in [-0.3, -0.25) is 9.69 Å². The van der Waals surface area contributed by atoms with Gasteiger partial charge in [0.05, 0.1) is 12.6 Å². The van der Waals surface area contributed by atoms with Crippen LogP contribution >= 0.6 is 12.2 Å². The van der Waals surface area contributed by atoms with Crippen molar-refractivity contribution in [3.8, 4) is 0 Å². The summed E-state index contributed by atoms with van der Waals surface area (Å²) in [5, 5.41) is 10.4. The van der Waals surface area contributed by atoms with Crippen LogP contribution in [0.3, 0.4) is 0 Å². The highest BCUT2D eigenvalue weighted by Crippen LogP contribution is 2.21. The van der Waals surface area contributed by atoms with Gasteiger partial charge in [0.2, 0.25) is 0 Å². The molecule has 1 aliphatic heterocycles. The van der Waals surface area contributed by atoms with E-state index in [1.807, 2.05) is 60.7 Å². The summed E-state index contributed by atoms with van der Waals surface area (Å²) in [6, 6.07) is 19.0. The van der Waals surface area contributed by atoms with Crippen LogP contribution in [0.4, 0.5) is 0 Å². The van der Waals surface area contributed by atoms with Gasteiger partial charge < -0.3 is 14.6 Å². The number of nitrogens with zero attached hydrogens (tertiary/aromatic N) is 1. The van der Waals surface area contributed by atoms with Gasteiger partial charge in [0.15, 0.2) is 6.10 Å². The maximum absolute atomic E-state index is 13.2. The Labute approximate surface area is 170 Å². The van der Waals surface area contributed by atoms with E-state index in [4.69, 9.17) is 21.7 Å². The molecule has 3 atom stereocenters. The first kappa shape index (κ1) is 20.2. The topological polar surface area (TPSA) is 59.0 Å². The summed E-state index contributed by atoms with van der Waals surface area (Å²) in [6.07, 6.45) is -0.380. The van der Waals surface area contributed by atoms with Crippen molar-refractivity contribution in [1.82, 2.24) is 4.90 Å². The van der Waals surface area contributed by atoms with Crippen molar-refractivity contribution in [2.75, 3.05) is 6.61 Å². The Morgan fingerprint density at radius 1 is 1.21 bits per heavy atom. The summed E-state index contributed by atoms with van der Waals surface area (Å²) >= 11 is 5.25. The third-order valence-electron chi connectivity index (χ3n) is 4.58. The molecule has 6 heteroatoms. The molecule has 1 N–H and O–H groups in total. The number of benzene rings is 2. The molecule has 1 amide bonds. The number of carbonyl (C=O) groups excluding carboxylic acids is 1. The number of amides is 1. The van der Waals surface area contributed by atoms with E-state index in [1.165, 1.54) is 11.0 Å². The zero-order chi connectivity index (χ0) is 19.9. The van der Waals surface area contributed by atoms with E-state index < -0.39 is 18.1 Å². The lowest BCUT2D eigenvalue weighted by atomic mass is 10.0. The summed E-state index contributed by atoms with van der Waals surface area (Å²) in [4.78, 5) is 14.6. The fraction of sp³-hybridized carbons (Fsp3) is 0.273. The van der Waals surface area contributed by atoms with Gasteiger partial charge in [-0.2, -0.15) is 0 Å². The Bertz CT molecular complexity index is 812. The predicted octanol–water partition coefficient (Wildman–Crippen LogP) is 2.87. The molecule has 0 unspecified atom stereocenters. The first-order chi connectivity index (χ1) is 13.6. The molecule has 28 heavy (non-hydrogen) atoms. The zero-order valence-electron chi connectivity index (χ0n) is 15.4. The fourth-order valence-corrected chi connectivity index (χ4v) is 3.41. The second kappa shape index (κ2) is 9.59. The normalized spacial score (nSPS) is 18.4. The largest absolute Gasteiger partial charge is 0.468 e. The van der Waals surface area contributed by atoms with Crippen molar-refractivity contribution >= 4 is 23.3 Å². The first-order valence-corrected chi connectivity index (χ1v) is 9.51. The molecule has 0 aliphatic carbocycles. The van der Waals surface area contributed by atoms with Gasteiger partial charge >= 0.3 is 0 Å². The van der Waals surface area contributed by atoms with Gasteiger partial charge in [0.25, 0.3) is 11.1 Å². The summed E-state index contributed by atoms with van der Waals surface area (Å²) in [7, 11) is 0. The molecule has 0 spiro atoms. The van der Waals surface area contributed by atoms with Gasteiger partial charge in [0.1, 0.15) is 12.7 Å². The number of aliphatic hydroxyl groups is 1. The first-order valence-electron chi connectivity index (χ1n) is 9.10. The molecule has 1 aliphatic rings. The molecule has 1 saturated heterocycles. The molecule has 146 valence electrons. The fourth-order valence-electron chi connectivity index (χ4n) is 3.10. The molecular formula is C22H23NO4S. The van der Waals surface area contributed by atoms with Gasteiger partial charge in [-0.1, -0.05) is 66.7 Å². The predicted molar refractivity (Wildman–Crippen MR) is 111 cm³/mol. The number of carbonyl (C=O) groups is 1. The van der Waals surface area contributed by atoms with E-state index in [2.05, 4.69) is 6.58 Å². The molecule has 2 aromatic rings. The van der Waals surface area contributed by atoms with Gasteiger partial charge in [0, 0.05) is 0 Å².